The third-order valence-electron chi connectivity index (χ3n) is 5.48. The molecule has 1 saturated carbocycles. The first-order valence-corrected chi connectivity index (χ1v) is 8.93. The first kappa shape index (κ1) is 19.1. The third-order valence-corrected chi connectivity index (χ3v) is 5.48. The van der Waals surface area contributed by atoms with Gasteiger partial charge in [-0.1, -0.05) is 32.0 Å². The highest BCUT2D eigenvalue weighted by Crippen LogP contribution is 2.51. The lowest BCUT2D eigenvalue weighted by molar-refractivity contribution is -0.190. The molecule has 2 unspecified atom stereocenters. The number of nitrogens with one attached hydrogen (secondary N) is 1. The fourth-order valence-corrected chi connectivity index (χ4v) is 3.60. The van der Waals surface area contributed by atoms with Crippen LogP contribution in [-0.4, -0.2) is 40.2 Å². The lowest BCUT2D eigenvalue weighted by Gasteiger charge is -2.58. The predicted molar refractivity (Wildman–Crippen MR) is 98.3 cm³/mol. The average molecular weight is 372 g/mol. The zero-order valence-electron chi connectivity index (χ0n) is 15.9. The van der Waals surface area contributed by atoms with Crippen LogP contribution >= 0.6 is 0 Å². The zero-order valence-corrected chi connectivity index (χ0v) is 15.9. The van der Waals surface area contributed by atoms with Crippen molar-refractivity contribution in [2.24, 2.45) is 5.41 Å². The topological polar surface area (TPSA) is 102 Å². The van der Waals surface area contributed by atoms with Gasteiger partial charge in [-0.05, 0) is 26.0 Å². The highest BCUT2D eigenvalue weighted by molar-refractivity contribution is 5.97. The van der Waals surface area contributed by atoms with Crippen LogP contribution in [0.25, 0.3) is 11.5 Å². The summed E-state index contributed by atoms with van der Waals surface area (Å²) in [6.07, 6.45) is -0.0391. The Kier molecular flexibility index (Phi) is 4.82. The summed E-state index contributed by atoms with van der Waals surface area (Å²) in [5.41, 5.74) is -1.03. The number of hydrogen-bond acceptors (Lipinski definition) is 5. The van der Waals surface area contributed by atoms with E-state index in [0.29, 0.717) is 18.2 Å². The maximum atomic E-state index is 12.8. The van der Waals surface area contributed by atoms with Crippen molar-refractivity contribution in [1.82, 2.24) is 10.3 Å². The molecule has 0 spiro atoms. The molecule has 1 aromatic carbocycles. The molecule has 3 rings (SSSR count). The maximum absolute atomic E-state index is 12.8. The summed E-state index contributed by atoms with van der Waals surface area (Å²) in [5, 5.41) is 12.5. The molecule has 0 saturated heterocycles. The summed E-state index contributed by atoms with van der Waals surface area (Å²) < 4.78 is 11.3. The van der Waals surface area contributed by atoms with Gasteiger partial charge in [-0.2, -0.15) is 0 Å². The first-order valence-electron chi connectivity index (χ1n) is 8.93. The maximum Gasteiger partial charge on any atom is 0.330 e. The molecule has 0 radical (unpaired) electrons. The van der Waals surface area contributed by atoms with E-state index >= 15 is 0 Å². The van der Waals surface area contributed by atoms with Gasteiger partial charge in [0.25, 0.3) is 5.91 Å². The molecule has 1 aromatic heterocycles. The number of amides is 1. The van der Waals surface area contributed by atoms with Crippen LogP contribution in [0.1, 0.15) is 43.4 Å². The number of hydrogen-bond donors (Lipinski definition) is 2. The van der Waals surface area contributed by atoms with Crippen LogP contribution in [0.15, 0.2) is 34.7 Å². The van der Waals surface area contributed by atoms with Crippen molar-refractivity contribution in [3.63, 3.8) is 0 Å². The van der Waals surface area contributed by atoms with Gasteiger partial charge >= 0.3 is 5.97 Å². The third kappa shape index (κ3) is 3.02. The Morgan fingerprint density at radius 3 is 2.56 bits per heavy atom. The molecule has 2 aromatic rings. The van der Waals surface area contributed by atoms with E-state index in [1.54, 1.807) is 20.8 Å². The molecule has 7 heteroatoms. The van der Waals surface area contributed by atoms with Crippen molar-refractivity contribution in [2.75, 3.05) is 6.61 Å². The van der Waals surface area contributed by atoms with Gasteiger partial charge < -0.3 is 19.6 Å². The van der Waals surface area contributed by atoms with E-state index in [2.05, 4.69) is 10.3 Å². The minimum atomic E-state index is -1.42. The summed E-state index contributed by atoms with van der Waals surface area (Å²) in [6.45, 7) is 7.58. The number of carboxylic acid groups (broad SMARTS) is 1. The van der Waals surface area contributed by atoms with Gasteiger partial charge in [-0.3, -0.25) is 4.79 Å². The average Bonchev–Trinajstić information content (AvgIpc) is 3.03. The second kappa shape index (κ2) is 6.81. The second-order valence-corrected chi connectivity index (χ2v) is 7.33. The number of carbonyl (C=O) groups excluding carboxylic acids is 1. The number of rotatable bonds is 6. The predicted octanol–water partition coefficient (Wildman–Crippen LogP) is 3.04. The molecule has 0 aliphatic heterocycles. The van der Waals surface area contributed by atoms with Crippen molar-refractivity contribution in [2.45, 2.75) is 45.8 Å². The van der Waals surface area contributed by atoms with Gasteiger partial charge in [0.05, 0.1) is 11.8 Å². The number of aliphatic carboxylic acids is 1. The monoisotopic (exact) mass is 372 g/mol. The first-order chi connectivity index (χ1) is 12.7. The molecule has 1 aliphatic rings. The minimum Gasteiger partial charge on any atom is -0.479 e. The summed E-state index contributed by atoms with van der Waals surface area (Å²) in [6, 6.07) is 9.22. The standard InChI is InChI=1S/C20H24N2O5/c1-5-26-14-11-20(18(24)25,19(14,3)4)22-16(23)15-12(2)21-17(27-15)13-9-7-6-8-10-13/h6-10,14H,5,11H2,1-4H3,(H,22,23)(H,24,25). The van der Waals surface area contributed by atoms with Crippen molar-refractivity contribution >= 4 is 11.9 Å². The van der Waals surface area contributed by atoms with Crippen molar-refractivity contribution < 1.29 is 23.8 Å². The Bertz CT molecular complexity index is 859. The van der Waals surface area contributed by atoms with Crippen LogP contribution in [-0.2, 0) is 9.53 Å². The molecule has 1 fully saturated rings. The number of nitrogens with zero attached hydrogens (tertiary/aromatic N) is 1. The molecule has 1 amide bonds. The lowest BCUT2D eigenvalue weighted by Crippen LogP contribution is -2.76. The fourth-order valence-electron chi connectivity index (χ4n) is 3.60. The smallest absolute Gasteiger partial charge is 0.330 e. The number of ether oxygens (including phenoxy) is 1. The summed E-state index contributed by atoms with van der Waals surface area (Å²) in [4.78, 5) is 29.2. The molecular weight excluding hydrogens is 348 g/mol. The number of aromatic nitrogens is 1. The quantitative estimate of drug-likeness (QED) is 0.808. The zero-order chi connectivity index (χ0) is 19.8. The Labute approximate surface area is 157 Å². The molecule has 144 valence electrons. The van der Waals surface area contributed by atoms with Gasteiger partial charge in [0.2, 0.25) is 11.7 Å². The molecule has 0 bridgehead atoms. The Balaban J connectivity index is 1.86. The Hall–Kier alpha value is -2.67. The van der Waals surface area contributed by atoms with Crippen LogP contribution in [0, 0.1) is 12.3 Å². The van der Waals surface area contributed by atoms with E-state index < -0.39 is 22.8 Å². The van der Waals surface area contributed by atoms with E-state index in [-0.39, 0.29) is 18.3 Å². The van der Waals surface area contributed by atoms with Crippen molar-refractivity contribution in [3.8, 4) is 11.5 Å². The molecular formula is C20H24N2O5. The number of oxazole rings is 1. The Morgan fingerprint density at radius 1 is 1.33 bits per heavy atom. The van der Waals surface area contributed by atoms with E-state index in [4.69, 9.17) is 9.15 Å². The molecule has 1 aliphatic carbocycles. The lowest BCUT2D eigenvalue weighted by atomic mass is 9.54. The van der Waals surface area contributed by atoms with Crippen molar-refractivity contribution in [1.29, 1.82) is 0 Å². The van der Waals surface area contributed by atoms with Gasteiger partial charge in [-0.25, -0.2) is 9.78 Å². The number of carboxylic acids is 1. The number of benzene rings is 1. The van der Waals surface area contributed by atoms with Crippen LogP contribution < -0.4 is 5.32 Å². The highest BCUT2D eigenvalue weighted by Gasteiger charge is 2.66. The van der Waals surface area contributed by atoms with Crippen LogP contribution in [0.3, 0.4) is 0 Å². The fraction of sp³-hybridized carbons (Fsp3) is 0.450. The minimum absolute atomic E-state index is 0.0186. The molecule has 2 atom stereocenters. The largest absolute Gasteiger partial charge is 0.479 e. The van der Waals surface area contributed by atoms with E-state index in [9.17, 15) is 14.7 Å². The van der Waals surface area contributed by atoms with Gasteiger partial charge in [0.1, 0.15) is 5.54 Å². The van der Waals surface area contributed by atoms with Crippen LogP contribution in [0.4, 0.5) is 0 Å². The molecule has 27 heavy (non-hydrogen) atoms. The highest BCUT2D eigenvalue weighted by atomic mass is 16.5. The summed E-state index contributed by atoms with van der Waals surface area (Å²) >= 11 is 0. The molecule has 1 heterocycles. The number of aryl methyl sites for hydroxylation is 1. The summed E-state index contributed by atoms with van der Waals surface area (Å²) in [7, 11) is 0. The van der Waals surface area contributed by atoms with Crippen LogP contribution in [0.2, 0.25) is 0 Å². The molecule has 2 N–H and O–H groups in total. The second-order valence-electron chi connectivity index (χ2n) is 7.33. The van der Waals surface area contributed by atoms with E-state index in [1.165, 1.54) is 0 Å². The van der Waals surface area contributed by atoms with Gasteiger partial charge in [0.15, 0.2) is 0 Å². The van der Waals surface area contributed by atoms with Gasteiger partial charge in [-0.15, -0.1) is 0 Å². The van der Waals surface area contributed by atoms with Crippen molar-refractivity contribution in [3.05, 3.63) is 41.8 Å². The van der Waals surface area contributed by atoms with E-state index in [1.807, 2.05) is 37.3 Å². The van der Waals surface area contributed by atoms with E-state index in [0.717, 1.165) is 5.56 Å². The Morgan fingerprint density at radius 2 is 2.00 bits per heavy atom. The SMILES string of the molecule is CCOC1CC(NC(=O)c2oc(-c3ccccc3)nc2C)(C(=O)O)C1(C)C. The van der Waals surface area contributed by atoms with Gasteiger partial charge in [0, 0.05) is 24.0 Å². The molecule has 7 nitrogen and oxygen atoms in total. The normalized spacial score (nSPS) is 23.5. The van der Waals surface area contributed by atoms with Crippen LogP contribution in [0.5, 0.6) is 0 Å². The summed E-state index contributed by atoms with van der Waals surface area (Å²) in [5.74, 6) is -1.34. The number of carbonyl (C=O) groups is 2.